The van der Waals surface area contributed by atoms with Gasteiger partial charge in [-0.05, 0) is 11.6 Å². The van der Waals surface area contributed by atoms with Gasteiger partial charge in [0.25, 0.3) is 0 Å². The van der Waals surface area contributed by atoms with Crippen LogP contribution >= 0.6 is 0 Å². The van der Waals surface area contributed by atoms with E-state index in [9.17, 15) is 8.42 Å². The van der Waals surface area contributed by atoms with Gasteiger partial charge in [-0.25, -0.2) is 8.42 Å². The molecule has 0 unspecified atom stereocenters. The highest BCUT2D eigenvalue weighted by Crippen LogP contribution is 2.15. The van der Waals surface area contributed by atoms with Gasteiger partial charge in [0, 0.05) is 13.7 Å². The Labute approximate surface area is 95.7 Å². The molecule has 0 saturated heterocycles. The van der Waals surface area contributed by atoms with Gasteiger partial charge in [-0.3, -0.25) is 4.72 Å². The summed E-state index contributed by atoms with van der Waals surface area (Å²) >= 11 is 0. The van der Waals surface area contributed by atoms with Crippen molar-refractivity contribution in [2.45, 2.75) is 6.54 Å². The third-order valence-electron chi connectivity index (χ3n) is 2.06. The van der Waals surface area contributed by atoms with Gasteiger partial charge in [0.05, 0.1) is 18.0 Å². The quantitative estimate of drug-likeness (QED) is 0.765. The fraction of sp³-hybridized carbons (Fsp3) is 0.400. The Bertz CT molecular complexity index is 431. The molecule has 0 saturated carbocycles. The van der Waals surface area contributed by atoms with Crippen molar-refractivity contribution in [2.24, 2.45) is 5.73 Å². The topological polar surface area (TPSA) is 81.4 Å². The van der Waals surface area contributed by atoms with E-state index in [1.54, 1.807) is 18.2 Å². The first-order chi connectivity index (χ1) is 7.59. The summed E-state index contributed by atoms with van der Waals surface area (Å²) < 4.78 is 30.4. The summed E-state index contributed by atoms with van der Waals surface area (Å²) in [6.07, 6.45) is 0. The number of ether oxygens (including phenoxy) is 1. The summed E-state index contributed by atoms with van der Waals surface area (Å²) in [5.74, 6) is -0.0671. The third-order valence-corrected chi connectivity index (χ3v) is 3.29. The van der Waals surface area contributed by atoms with Crippen molar-refractivity contribution in [3.63, 3.8) is 0 Å². The third kappa shape index (κ3) is 3.80. The number of methoxy groups -OCH3 is 1. The predicted molar refractivity (Wildman–Crippen MR) is 63.6 cm³/mol. The maximum atomic E-state index is 11.6. The first kappa shape index (κ1) is 13.0. The Kier molecular flexibility index (Phi) is 4.72. The van der Waals surface area contributed by atoms with E-state index < -0.39 is 10.0 Å². The molecule has 1 aromatic carbocycles. The van der Waals surface area contributed by atoms with Crippen molar-refractivity contribution in [2.75, 3.05) is 24.2 Å². The number of nitrogens with two attached hydrogens (primary N) is 1. The van der Waals surface area contributed by atoms with Gasteiger partial charge in [-0.15, -0.1) is 0 Å². The zero-order valence-corrected chi connectivity index (χ0v) is 9.96. The van der Waals surface area contributed by atoms with E-state index in [-0.39, 0.29) is 12.4 Å². The summed E-state index contributed by atoms with van der Waals surface area (Å²) in [5.41, 5.74) is 6.81. The van der Waals surface area contributed by atoms with Crippen molar-refractivity contribution < 1.29 is 13.2 Å². The molecule has 0 amide bonds. The number of sulfonamides is 1. The molecular formula is C10H16N2O3S. The average molecular weight is 244 g/mol. The molecule has 0 fully saturated rings. The molecule has 0 bridgehead atoms. The fourth-order valence-corrected chi connectivity index (χ4v) is 2.23. The second-order valence-corrected chi connectivity index (χ2v) is 5.12. The lowest BCUT2D eigenvalue weighted by molar-refractivity contribution is 0.217. The predicted octanol–water partition coefficient (Wildman–Crippen LogP) is 0.533. The molecule has 0 aliphatic carbocycles. The highest BCUT2D eigenvalue weighted by molar-refractivity contribution is 7.92. The van der Waals surface area contributed by atoms with Gasteiger partial charge >= 0.3 is 0 Å². The van der Waals surface area contributed by atoms with Crippen molar-refractivity contribution in [1.82, 2.24) is 0 Å². The van der Waals surface area contributed by atoms with E-state index in [0.29, 0.717) is 12.2 Å². The molecule has 0 aliphatic heterocycles. The molecule has 0 heterocycles. The maximum absolute atomic E-state index is 11.6. The van der Waals surface area contributed by atoms with E-state index in [2.05, 4.69) is 4.72 Å². The van der Waals surface area contributed by atoms with Crippen LogP contribution in [0.5, 0.6) is 0 Å². The molecule has 3 N–H and O–H groups in total. The molecule has 5 nitrogen and oxygen atoms in total. The summed E-state index contributed by atoms with van der Waals surface area (Å²) in [7, 11) is -1.90. The Morgan fingerprint density at radius 3 is 2.69 bits per heavy atom. The first-order valence-electron chi connectivity index (χ1n) is 4.86. The highest BCUT2D eigenvalue weighted by atomic mass is 32.2. The van der Waals surface area contributed by atoms with Gasteiger partial charge in [-0.1, -0.05) is 18.2 Å². The lowest BCUT2D eigenvalue weighted by atomic mass is 10.2. The lowest BCUT2D eigenvalue weighted by Gasteiger charge is -2.10. The molecular weight excluding hydrogens is 228 g/mol. The van der Waals surface area contributed by atoms with E-state index >= 15 is 0 Å². The zero-order valence-electron chi connectivity index (χ0n) is 9.14. The minimum absolute atomic E-state index is 0.0671. The van der Waals surface area contributed by atoms with Gasteiger partial charge in [0.2, 0.25) is 10.0 Å². The van der Waals surface area contributed by atoms with E-state index in [4.69, 9.17) is 10.5 Å². The number of anilines is 1. The van der Waals surface area contributed by atoms with Crippen molar-refractivity contribution in [1.29, 1.82) is 0 Å². The van der Waals surface area contributed by atoms with Crippen LogP contribution in [0.25, 0.3) is 0 Å². The average Bonchev–Trinajstić information content (AvgIpc) is 2.27. The summed E-state index contributed by atoms with van der Waals surface area (Å²) in [4.78, 5) is 0. The van der Waals surface area contributed by atoms with Gasteiger partial charge in [-0.2, -0.15) is 0 Å². The molecule has 1 rings (SSSR count). The summed E-state index contributed by atoms with van der Waals surface area (Å²) in [6.45, 7) is 0.461. The Balaban J connectivity index is 2.79. The number of nitrogens with one attached hydrogen (secondary N) is 1. The molecule has 0 aromatic heterocycles. The summed E-state index contributed by atoms with van der Waals surface area (Å²) in [6, 6.07) is 7.04. The standard InChI is InChI=1S/C10H16N2O3S/c1-15-6-7-16(13,14)12-10-5-3-2-4-9(10)8-11/h2-5,12H,6-8,11H2,1H3. The largest absolute Gasteiger partial charge is 0.384 e. The smallest absolute Gasteiger partial charge is 0.235 e. The van der Waals surface area contributed by atoms with E-state index in [1.807, 2.05) is 6.07 Å². The SMILES string of the molecule is COCCS(=O)(=O)Nc1ccccc1CN. The second-order valence-electron chi connectivity index (χ2n) is 3.28. The molecule has 16 heavy (non-hydrogen) atoms. The van der Waals surface area contributed by atoms with Crippen LogP contribution < -0.4 is 10.5 Å². The lowest BCUT2D eigenvalue weighted by Crippen LogP contribution is -2.20. The van der Waals surface area contributed by atoms with Crippen LogP contribution in [-0.4, -0.2) is 27.9 Å². The first-order valence-corrected chi connectivity index (χ1v) is 6.51. The number of para-hydroxylation sites is 1. The minimum Gasteiger partial charge on any atom is -0.384 e. The van der Waals surface area contributed by atoms with E-state index in [0.717, 1.165) is 5.56 Å². The number of benzene rings is 1. The molecule has 90 valence electrons. The van der Waals surface area contributed by atoms with Crippen LogP contribution in [0, 0.1) is 0 Å². The van der Waals surface area contributed by atoms with Crippen LogP contribution in [0.3, 0.4) is 0 Å². The maximum Gasteiger partial charge on any atom is 0.235 e. The monoisotopic (exact) mass is 244 g/mol. The molecule has 1 aromatic rings. The van der Waals surface area contributed by atoms with Crippen molar-refractivity contribution >= 4 is 15.7 Å². The van der Waals surface area contributed by atoms with Gasteiger partial charge < -0.3 is 10.5 Å². The molecule has 0 spiro atoms. The normalized spacial score (nSPS) is 11.4. The van der Waals surface area contributed by atoms with Gasteiger partial charge in [0.1, 0.15) is 0 Å². The fourth-order valence-electron chi connectivity index (χ4n) is 1.21. The molecule has 0 radical (unpaired) electrons. The Hall–Kier alpha value is -1.11. The Morgan fingerprint density at radius 2 is 2.06 bits per heavy atom. The molecule has 0 atom stereocenters. The van der Waals surface area contributed by atoms with Crippen molar-refractivity contribution in [3.05, 3.63) is 29.8 Å². The van der Waals surface area contributed by atoms with Crippen LogP contribution in [0.2, 0.25) is 0 Å². The minimum atomic E-state index is -3.36. The van der Waals surface area contributed by atoms with Crippen LogP contribution in [-0.2, 0) is 21.3 Å². The van der Waals surface area contributed by atoms with Crippen LogP contribution in [0.1, 0.15) is 5.56 Å². The zero-order chi connectivity index (χ0) is 12.0. The number of hydrogen-bond donors (Lipinski definition) is 2. The van der Waals surface area contributed by atoms with Crippen LogP contribution in [0.4, 0.5) is 5.69 Å². The highest BCUT2D eigenvalue weighted by Gasteiger charge is 2.11. The van der Waals surface area contributed by atoms with Gasteiger partial charge in [0.15, 0.2) is 0 Å². The summed E-state index contributed by atoms with van der Waals surface area (Å²) in [5, 5.41) is 0. The Morgan fingerprint density at radius 1 is 1.38 bits per heavy atom. The van der Waals surface area contributed by atoms with Crippen molar-refractivity contribution in [3.8, 4) is 0 Å². The number of hydrogen-bond acceptors (Lipinski definition) is 4. The van der Waals surface area contributed by atoms with E-state index in [1.165, 1.54) is 7.11 Å². The van der Waals surface area contributed by atoms with Crippen LogP contribution in [0.15, 0.2) is 24.3 Å². The molecule has 0 aliphatic rings. The number of rotatable bonds is 6. The second kappa shape index (κ2) is 5.83. The molecule has 6 heteroatoms.